The molecule has 2 nitrogen and oxygen atoms in total. The molecule has 0 aliphatic carbocycles. The number of hydrogen-bond acceptors (Lipinski definition) is 2. The molecule has 0 saturated carbocycles. The summed E-state index contributed by atoms with van der Waals surface area (Å²) in [6.07, 6.45) is 6.76. The molecular weight excluding hydrogens is 172 g/mol. The van der Waals surface area contributed by atoms with E-state index < -0.39 is 0 Å². The fourth-order valence-electron chi connectivity index (χ4n) is 2.59. The molecule has 0 aromatic rings. The first kappa shape index (κ1) is 12.0. The van der Waals surface area contributed by atoms with E-state index in [-0.39, 0.29) is 0 Å². The minimum absolute atomic E-state index is 0.637. The Labute approximate surface area is 88.8 Å². The molecule has 0 spiro atoms. The highest BCUT2D eigenvalue weighted by molar-refractivity contribution is 4.78. The van der Waals surface area contributed by atoms with Crippen LogP contribution in [-0.2, 0) is 0 Å². The molecule has 2 heteroatoms. The van der Waals surface area contributed by atoms with Gasteiger partial charge in [0.05, 0.1) is 0 Å². The molecule has 1 heterocycles. The van der Waals surface area contributed by atoms with Crippen molar-refractivity contribution in [3.8, 4) is 0 Å². The molecule has 1 saturated heterocycles. The number of nitrogens with two attached hydrogens (primary N) is 1. The maximum Gasteiger partial charge on any atom is 0.0215 e. The Balaban J connectivity index is 2.27. The second-order valence-corrected chi connectivity index (χ2v) is 4.57. The average Bonchev–Trinajstić information content (AvgIpc) is 2.23. The van der Waals surface area contributed by atoms with E-state index in [1.54, 1.807) is 0 Å². The van der Waals surface area contributed by atoms with Gasteiger partial charge in [-0.3, -0.25) is 4.90 Å². The first-order valence-electron chi connectivity index (χ1n) is 6.25. The van der Waals surface area contributed by atoms with Gasteiger partial charge in [-0.1, -0.05) is 26.7 Å². The van der Waals surface area contributed by atoms with Crippen molar-refractivity contribution in [2.24, 2.45) is 11.7 Å². The molecule has 1 atom stereocenters. The van der Waals surface area contributed by atoms with Crippen LogP contribution in [0.2, 0.25) is 0 Å². The molecule has 0 radical (unpaired) electrons. The Morgan fingerprint density at radius 2 is 1.93 bits per heavy atom. The zero-order valence-corrected chi connectivity index (χ0v) is 9.84. The fourth-order valence-corrected chi connectivity index (χ4v) is 2.59. The van der Waals surface area contributed by atoms with E-state index in [0.29, 0.717) is 6.04 Å². The summed E-state index contributed by atoms with van der Waals surface area (Å²) in [5.74, 6) is 0.992. The van der Waals surface area contributed by atoms with E-state index >= 15 is 0 Å². The molecule has 0 aromatic carbocycles. The Kier molecular flexibility index (Phi) is 5.49. The van der Waals surface area contributed by atoms with Crippen LogP contribution >= 0.6 is 0 Å². The molecule has 1 aliphatic heterocycles. The Bertz CT molecular complexity index is 135. The zero-order chi connectivity index (χ0) is 10.4. The van der Waals surface area contributed by atoms with Gasteiger partial charge >= 0.3 is 0 Å². The highest BCUT2D eigenvalue weighted by atomic mass is 15.2. The number of piperidine rings is 1. The van der Waals surface area contributed by atoms with Crippen LogP contribution in [0.5, 0.6) is 0 Å². The van der Waals surface area contributed by atoms with Crippen molar-refractivity contribution in [3.63, 3.8) is 0 Å². The lowest BCUT2D eigenvalue weighted by Gasteiger charge is -2.36. The quantitative estimate of drug-likeness (QED) is 0.734. The van der Waals surface area contributed by atoms with Gasteiger partial charge < -0.3 is 5.73 Å². The molecular formula is C12H26N2. The second kappa shape index (κ2) is 6.41. The smallest absolute Gasteiger partial charge is 0.0215 e. The topological polar surface area (TPSA) is 29.3 Å². The Hall–Kier alpha value is -0.0800. The SMILES string of the molecule is CCCC1CCN(C(CC)CN)CC1. The van der Waals surface area contributed by atoms with Gasteiger partial charge in [0.15, 0.2) is 0 Å². The minimum atomic E-state index is 0.637. The molecule has 1 unspecified atom stereocenters. The number of rotatable bonds is 5. The van der Waals surface area contributed by atoms with Crippen LogP contribution in [0, 0.1) is 5.92 Å². The van der Waals surface area contributed by atoms with Crippen LogP contribution in [0.3, 0.4) is 0 Å². The summed E-state index contributed by atoms with van der Waals surface area (Å²) in [6, 6.07) is 0.637. The standard InChI is InChI=1S/C12H26N2/c1-3-5-11-6-8-14(9-7-11)12(4-2)10-13/h11-12H,3-10,13H2,1-2H3. The third-order valence-corrected chi connectivity index (χ3v) is 3.61. The van der Waals surface area contributed by atoms with Gasteiger partial charge in [0.2, 0.25) is 0 Å². The molecule has 0 aromatic heterocycles. The third-order valence-electron chi connectivity index (χ3n) is 3.61. The van der Waals surface area contributed by atoms with Crippen molar-refractivity contribution in [1.82, 2.24) is 4.90 Å². The predicted molar refractivity (Wildman–Crippen MR) is 62.3 cm³/mol. The first-order chi connectivity index (χ1) is 6.81. The van der Waals surface area contributed by atoms with E-state index in [1.807, 2.05) is 0 Å². The van der Waals surface area contributed by atoms with Crippen LogP contribution in [0.1, 0.15) is 46.0 Å². The van der Waals surface area contributed by atoms with E-state index in [9.17, 15) is 0 Å². The molecule has 0 bridgehead atoms. The number of likely N-dealkylation sites (tertiary alicyclic amines) is 1. The largest absolute Gasteiger partial charge is 0.329 e. The summed E-state index contributed by atoms with van der Waals surface area (Å²) in [7, 11) is 0. The van der Waals surface area contributed by atoms with Crippen LogP contribution in [0.25, 0.3) is 0 Å². The molecule has 0 amide bonds. The van der Waals surface area contributed by atoms with Gasteiger partial charge in [-0.2, -0.15) is 0 Å². The van der Waals surface area contributed by atoms with Crippen molar-refractivity contribution in [3.05, 3.63) is 0 Å². The molecule has 1 aliphatic rings. The maximum absolute atomic E-state index is 5.77. The van der Waals surface area contributed by atoms with Gasteiger partial charge in [0.25, 0.3) is 0 Å². The van der Waals surface area contributed by atoms with Gasteiger partial charge in [-0.15, -0.1) is 0 Å². The lowest BCUT2D eigenvalue weighted by Crippen LogP contribution is -2.44. The Morgan fingerprint density at radius 3 is 2.36 bits per heavy atom. The van der Waals surface area contributed by atoms with Gasteiger partial charge in [0.1, 0.15) is 0 Å². The third kappa shape index (κ3) is 3.25. The average molecular weight is 198 g/mol. The summed E-state index contributed by atoms with van der Waals surface area (Å²) in [6.45, 7) is 7.92. The normalized spacial score (nSPS) is 22.5. The maximum atomic E-state index is 5.77. The van der Waals surface area contributed by atoms with E-state index in [0.717, 1.165) is 12.5 Å². The predicted octanol–water partition coefficient (Wildman–Crippen LogP) is 2.24. The van der Waals surface area contributed by atoms with Gasteiger partial charge in [-0.05, 0) is 38.3 Å². The Morgan fingerprint density at radius 1 is 1.29 bits per heavy atom. The molecule has 1 rings (SSSR count). The monoisotopic (exact) mass is 198 g/mol. The zero-order valence-electron chi connectivity index (χ0n) is 9.84. The van der Waals surface area contributed by atoms with Crippen LogP contribution in [0.15, 0.2) is 0 Å². The second-order valence-electron chi connectivity index (χ2n) is 4.57. The minimum Gasteiger partial charge on any atom is -0.329 e. The number of hydrogen-bond donors (Lipinski definition) is 1. The highest BCUT2D eigenvalue weighted by Crippen LogP contribution is 2.23. The van der Waals surface area contributed by atoms with E-state index in [2.05, 4.69) is 18.7 Å². The van der Waals surface area contributed by atoms with Crippen molar-refractivity contribution >= 4 is 0 Å². The number of nitrogens with zero attached hydrogens (tertiary/aromatic N) is 1. The summed E-state index contributed by atoms with van der Waals surface area (Å²) in [5.41, 5.74) is 5.77. The van der Waals surface area contributed by atoms with Gasteiger partial charge in [0, 0.05) is 12.6 Å². The van der Waals surface area contributed by atoms with Crippen LogP contribution in [0.4, 0.5) is 0 Å². The van der Waals surface area contributed by atoms with Crippen molar-refractivity contribution in [2.45, 2.75) is 52.0 Å². The fraction of sp³-hybridized carbons (Fsp3) is 1.00. The summed E-state index contributed by atoms with van der Waals surface area (Å²) < 4.78 is 0. The lowest BCUT2D eigenvalue weighted by atomic mass is 9.91. The van der Waals surface area contributed by atoms with Crippen LogP contribution in [-0.4, -0.2) is 30.6 Å². The molecule has 1 fully saturated rings. The lowest BCUT2D eigenvalue weighted by molar-refractivity contribution is 0.129. The van der Waals surface area contributed by atoms with E-state index in [4.69, 9.17) is 5.73 Å². The molecule has 14 heavy (non-hydrogen) atoms. The summed E-state index contributed by atoms with van der Waals surface area (Å²) in [4.78, 5) is 2.59. The summed E-state index contributed by atoms with van der Waals surface area (Å²) in [5, 5.41) is 0. The first-order valence-corrected chi connectivity index (χ1v) is 6.25. The molecule has 84 valence electrons. The van der Waals surface area contributed by atoms with Gasteiger partial charge in [-0.25, -0.2) is 0 Å². The van der Waals surface area contributed by atoms with Crippen molar-refractivity contribution in [2.75, 3.05) is 19.6 Å². The van der Waals surface area contributed by atoms with Crippen molar-refractivity contribution in [1.29, 1.82) is 0 Å². The van der Waals surface area contributed by atoms with Crippen LogP contribution < -0.4 is 5.73 Å². The summed E-state index contributed by atoms with van der Waals surface area (Å²) >= 11 is 0. The van der Waals surface area contributed by atoms with E-state index in [1.165, 1.54) is 45.2 Å². The highest BCUT2D eigenvalue weighted by Gasteiger charge is 2.22. The molecule has 2 N–H and O–H groups in total. The van der Waals surface area contributed by atoms with Crippen molar-refractivity contribution < 1.29 is 0 Å².